The minimum atomic E-state index is -0.577. The highest BCUT2D eigenvalue weighted by Gasteiger charge is 2.16. The highest BCUT2D eigenvalue weighted by Crippen LogP contribution is 2.28. The van der Waals surface area contributed by atoms with Crippen molar-refractivity contribution in [3.8, 4) is 0 Å². The highest BCUT2D eigenvalue weighted by molar-refractivity contribution is 5.95. The summed E-state index contributed by atoms with van der Waals surface area (Å²) in [5, 5.41) is 3.30. The van der Waals surface area contributed by atoms with Gasteiger partial charge in [0.15, 0.2) is 0 Å². The van der Waals surface area contributed by atoms with Gasteiger partial charge in [0.05, 0.1) is 0 Å². The Morgan fingerprint density at radius 2 is 1.79 bits per heavy atom. The van der Waals surface area contributed by atoms with Gasteiger partial charge >= 0.3 is 11.6 Å². The number of aryl methyl sites for hydroxylation is 2. The number of hydrogen-bond acceptors (Lipinski definition) is 5. The van der Waals surface area contributed by atoms with Crippen molar-refractivity contribution in [2.45, 2.75) is 25.9 Å². The standard InChI is InChI=1S/C22H19NO5/c24-20-11-17(18-9-15-7-4-8-16(15)10-19(18)28-20)13-27-21(25)12-23-22(26)14-5-2-1-3-6-14/h1-3,5-6,9-11H,4,7-8,12-13H2,(H,23,26). The monoisotopic (exact) mass is 377 g/mol. The summed E-state index contributed by atoms with van der Waals surface area (Å²) in [4.78, 5) is 35.9. The predicted octanol–water partition coefficient (Wildman–Crippen LogP) is 2.75. The Bertz CT molecular complexity index is 1100. The molecular formula is C22H19NO5. The lowest BCUT2D eigenvalue weighted by Gasteiger charge is -2.09. The summed E-state index contributed by atoms with van der Waals surface area (Å²) in [7, 11) is 0. The molecular weight excluding hydrogens is 358 g/mol. The zero-order valence-electron chi connectivity index (χ0n) is 15.2. The second-order valence-corrected chi connectivity index (χ2v) is 6.77. The molecule has 6 heteroatoms. The SMILES string of the molecule is O=C(CNC(=O)c1ccccc1)OCc1cc(=O)oc2cc3c(cc12)CCC3. The lowest BCUT2D eigenvalue weighted by Crippen LogP contribution is -2.30. The van der Waals surface area contributed by atoms with E-state index in [4.69, 9.17) is 9.15 Å². The van der Waals surface area contributed by atoms with Gasteiger partial charge < -0.3 is 14.5 Å². The number of nitrogens with one attached hydrogen (secondary N) is 1. The van der Waals surface area contributed by atoms with E-state index in [2.05, 4.69) is 5.32 Å². The van der Waals surface area contributed by atoms with Crippen LogP contribution in [0.3, 0.4) is 0 Å². The van der Waals surface area contributed by atoms with Gasteiger partial charge in [0.1, 0.15) is 18.7 Å². The number of carbonyl (C=O) groups is 2. The van der Waals surface area contributed by atoms with E-state index in [1.54, 1.807) is 30.3 Å². The van der Waals surface area contributed by atoms with Gasteiger partial charge in [0.2, 0.25) is 0 Å². The second-order valence-electron chi connectivity index (χ2n) is 6.77. The molecule has 0 saturated carbocycles. The normalized spacial score (nSPS) is 12.6. The molecule has 0 bridgehead atoms. The van der Waals surface area contributed by atoms with Gasteiger partial charge in [-0.3, -0.25) is 9.59 Å². The topological polar surface area (TPSA) is 85.6 Å². The maximum atomic E-state index is 12.0. The molecule has 0 saturated heterocycles. The molecule has 0 fully saturated rings. The molecule has 0 unspecified atom stereocenters. The van der Waals surface area contributed by atoms with Crippen molar-refractivity contribution >= 4 is 22.8 Å². The molecule has 2 aromatic carbocycles. The van der Waals surface area contributed by atoms with Gasteiger partial charge in [0.25, 0.3) is 5.91 Å². The van der Waals surface area contributed by atoms with Crippen LogP contribution in [-0.4, -0.2) is 18.4 Å². The van der Waals surface area contributed by atoms with Crippen LogP contribution < -0.4 is 10.9 Å². The van der Waals surface area contributed by atoms with Crippen LogP contribution in [0.1, 0.15) is 33.5 Å². The van der Waals surface area contributed by atoms with Gasteiger partial charge in [-0.25, -0.2) is 4.79 Å². The summed E-state index contributed by atoms with van der Waals surface area (Å²) < 4.78 is 10.6. The summed E-state index contributed by atoms with van der Waals surface area (Å²) in [6, 6.07) is 13.9. The van der Waals surface area contributed by atoms with E-state index in [0.29, 0.717) is 16.7 Å². The van der Waals surface area contributed by atoms with Crippen LogP contribution in [0.4, 0.5) is 0 Å². The Morgan fingerprint density at radius 3 is 2.57 bits per heavy atom. The van der Waals surface area contributed by atoms with E-state index in [0.717, 1.165) is 24.6 Å². The molecule has 1 aliphatic rings. The van der Waals surface area contributed by atoms with Crippen LogP contribution in [0.15, 0.2) is 57.7 Å². The number of ether oxygens (including phenoxy) is 1. The molecule has 0 radical (unpaired) electrons. The molecule has 1 amide bonds. The second kappa shape index (κ2) is 7.68. The zero-order chi connectivity index (χ0) is 19.5. The van der Waals surface area contributed by atoms with Crippen molar-refractivity contribution in [1.82, 2.24) is 5.32 Å². The van der Waals surface area contributed by atoms with Gasteiger partial charge in [-0.05, 0) is 54.7 Å². The van der Waals surface area contributed by atoms with E-state index >= 15 is 0 Å². The molecule has 0 aliphatic heterocycles. The van der Waals surface area contributed by atoms with Crippen LogP contribution in [0.2, 0.25) is 0 Å². The smallest absolute Gasteiger partial charge is 0.336 e. The van der Waals surface area contributed by atoms with E-state index in [1.807, 2.05) is 12.1 Å². The lowest BCUT2D eigenvalue weighted by molar-refractivity contribution is -0.143. The third-order valence-corrected chi connectivity index (χ3v) is 4.86. The molecule has 1 aliphatic carbocycles. The maximum Gasteiger partial charge on any atom is 0.336 e. The molecule has 28 heavy (non-hydrogen) atoms. The summed E-state index contributed by atoms with van der Waals surface area (Å²) in [5.41, 5.74) is 3.54. The highest BCUT2D eigenvalue weighted by atomic mass is 16.5. The largest absolute Gasteiger partial charge is 0.459 e. The van der Waals surface area contributed by atoms with Crippen LogP contribution in [0, 0.1) is 0 Å². The van der Waals surface area contributed by atoms with Gasteiger partial charge in [-0.15, -0.1) is 0 Å². The average Bonchev–Trinajstić information content (AvgIpc) is 3.16. The first-order valence-electron chi connectivity index (χ1n) is 9.17. The Morgan fingerprint density at radius 1 is 1.04 bits per heavy atom. The summed E-state index contributed by atoms with van der Waals surface area (Å²) in [5.74, 6) is -0.925. The quantitative estimate of drug-likeness (QED) is 0.546. The Hall–Kier alpha value is -3.41. The molecule has 142 valence electrons. The molecule has 0 atom stereocenters. The predicted molar refractivity (Wildman–Crippen MR) is 103 cm³/mol. The van der Waals surface area contributed by atoms with Crippen molar-refractivity contribution in [2.24, 2.45) is 0 Å². The Labute approximate surface area is 161 Å². The van der Waals surface area contributed by atoms with Crippen molar-refractivity contribution in [3.63, 3.8) is 0 Å². The molecule has 1 N–H and O–H groups in total. The van der Waals surface area contributed by atoms with Crippen molar-refractivity contribution in [2.75, 3.05) is 6.54 Å². The minimum Gasteiger partial charge on any atom is -0.459 e. The Balaban J connectivity index is 1.43. The first-order valence-corrected chi connectivity index (χ1v) is 9.17. The zero-order valence-corrected chi connectivity index (χ0v) is 15.2. The summed E-state index contributed by atoms with van der Waals surface area (Å²) >= 11 is 0. The van der Waals surface area contributed by atoms with Gasteiger partial charge in [0, 0.05) is 22.6 Å². The van der Waals surface area contributed by atoms with Crippen LogP contribution in [0.5, 0.6) is 0 Å². The molecule has 0 spiro atoms. The number of benzene rings is 2. The number of rotatable bonds is 5. The molecule has 1 aromatic heterocycles. The first-order chi connectivity index (χ1) is 13.6. The third-order valence-electron chi connectivity index (χ3n) is 4.86. The Kier molecular flexibility index (Phi) is 4.93. The lowest BCUT2D eigenvalue weighted by atomic mass is 10.0. The van der Waals surface area contributed by atoms with Crippen LogP contribution >= 0.6 is 0 Å². The van der Waals surface area contributed by atoms with Crippen LogP contribution in [-0.2, 0) is 29.0 Å². The summed E-state index contributed by atoms with van der Waals surface area (Å²) in [6.07, 6.45) is 3.06. The number of fused-ring (bicyclic) bond motifs is 2. The number of hydrogen-bond donors (Lipinski definition) is 1. The molecule has 6 nitrogen and oxygen atoms in total. The fraction of sp³-hybridized carbons (Fsp3) is 0.227. The minimum absolute atomic E-state index is 0.0546. The van der Waals surface area contributed by atoms with Crippen molar-refractivity contribution in [3.05, 3.63) is 81.2 Å². The maximum absolute atomic E-state index is 12.0. The third kappa shape index (κ3) is 3.81. The van der Waals surface area contributed by atoms with E-state index in [-0.39, 0.29) is 19.1 Å². The average molecular weight is 377 g/mol. The molecule has 3 aromatic rings. The van der Waals surface area contributed by atoms with Crippen molar-refractivity contribution < 1.29 is 18.7 Å². The summed E-state index contributed by atoms with van der Waals surface area (Å²) in [6.45, 7) is -0.302. The number of carbonyl (C=O) groups excluding carboxylic acids is 2. The van der Waals surface area contributed by atoms with E-state index < -0.39 is 11.6 Å². The van der Waals surface area contributed by atoms with Crippen LogP contribution in [0.25, 0.3) is 11.0 Å². The molecule has 4 rings (SSSR count). The van der Waals surface area contributed by atoms with E-state index in [9.17, 15) is 14.4 Å². The number of esters is 1. The van der Waals surface area contributed by atoms with Gasteiger partial charge in [-0.1, -0.05) is 18.2 Å². The van der Waals surface area contributed by atoms with Gasteiger partial charge in [-0.2, -0.15) is 0 Å². The molecule has 1 heterocycles. The first kappa shape index (κ1) is 18.0. The van der Waals surface area contributed by atoms with E-state index in [1.165, 1.54) is 17.2 Å². The fourth-order valence-electron chi connectivity index (χ4n) is 3.47. The van der Waals surface area contributed by atoms with Crippen molar-refractivity contribution in [1.29, 1.82) is 0 Å². The fourth-order valence-corrected chi connectivity index (χ4v) is 3.47. The number of amides is 1.